The molecular weight excluding hydrogens is 1740 g/mol. The molecule has 4 saturated carbocycles. The van der Waals surface area contributed by atoms with Gasteiger partial charge in [0.25, 0.3) is 0 Å². The van der Waals surface area contributed by atoms with Crippen LogP contribution in [0.4, 0.5) is 63.6 Å². The number of aliphatic hydroxyl groups excluding tert-OH is 4. The van der Waals surface area contributed by atoms with Gasteiger partial charge in [0.05, 0.1) is 100 Å². The zero-order valence-electron chi connectivity index (χ0n) is 75.5. The molecule has 4 amide bonds. The van der Waals surface area contributed by atoms with Gasteiger partial charge < -0.3 is 64.6 Å². The molecule has 12 atom stereocenters. The van der Waals surface area contributed by atoms with Gasteiger partial charge in [-0.25, -0.2) is 37.5 Å². The molecule has 2 unspecified atom stereocenters. The van der Waals surface area contributed by atoms with Gasteiger partial charge >= 0.3 is 0 Å². The van der Waals surface area contributed by atoms with E-state index in [-0.39, 0.29) is 144 Å². The van der Waals surface area contributed by atoms with Crippen molar-refractivity contribution in [3.8, 4) is 44.5 Å². The van der Waals surface area contributed by atoms with Gasteiger partial charge in [-0.3, -0.25) is 57.8 Å². The number of halogens is 4. The number of aromatic nitrogens is 16. The number of benzene rings is 4. The summed E-state index contributed by atoms with van der Waals surface area (Å²) in [6.07, 6.45) is 33.5. The fourth-order valence-corrected chi connectivity index (χ4v) is 18.7. The summed E-state index contributed by atoms with van der Waals surface area (Å²) in [5.41, 5.74) is 35.9. The molecule has 0 saturated heterocycles. The topological polar surface area (TPSA) is 476 Å². The lowest BCUT2D eigenvalue weighted by molar-refractivity contribution is -0.118. The molecule has 4 fully saturated rings. The Morgan fingerprint density at radius 1 is 0.316 bits per heavy atom. The van der Waals surface area contributed by atoms with Crippen molar-refractivity contribution in [1.82, 2.24) is 79.0 Å². The molecule has 12 heterocycles. The number of hydrogen-bond acceptors (Lipinski definition) is 24. The predicted molar refractivity (Wildman–Crippen MR) is 510 cm³/mol. The minimum atomic E-state index is -0.515. The molecule has 696 valence electrons. The van der Waals surface area contributed by atoms with E-state index < -0.39 is 23.3 Å². The summed E-state index contributed by atoms with van der Waals surface area (Å²) < 4.78 is 66.9. The molecule has 16 N–H and O–H groups in total. The molecule has 20 rings (SSSR count). The van der Waals surface area contributed by atoms with E-state index in [0.29, 0.717) is 137 Å². The summed E-state index contributed by atoms with van der Waals surface area (Å²) in [5.74, 6) is -0.913. The Balaban J connectivity index is 0.000000126. The van der Waals surface area contributed by atoms with Crippen molar-refractivity contribution in [2.45, 2.75) is 105 Å². The standard InChI is InChI=1S/4C25H25FN6O2/c4*1-13-3-4-28-10-18(13)17-7-15-8-20(29-11-19(15)24(27)23(17)26)31-25(34)22-14(2)21(22)16-9-30-32(12-16)5-6-33/h4*3-4,7-12,14,21-22,33H,5-6,27H2,1-2H3,(H,29,31,34)/t14-,21+,22?;14-,21+,22-;14-,21-,22?;14-,21-,22+/m1001/s1. The van der Waals surface area contributed by atoms with Crippen molar-refractivity contribution in [2.24, 2.45) is 47.3 Å². The van der Waals surface area contributed by atoms with Crippen molar-refractivity contribution in [3.63, 3.8) is 0 Å². The first-order chi connectivity index (χ1) is 65.5. The minimum Gasteiger partial charge on any atom is -0.396 e. The number of nitrogens with one attached hydrogen (secondary N) is 4. The zero-order chi connectivity index (χ0) is 95.9. The van der Waals surface area contributed by atoms with Crippen LogP contribution in [0.1, 0.15) is 95.9 Å². The van der Waals surface area contributed by atoms with Crippen molar-refractivity contribution in [2.75, 3.05) is 70.6 Å². The average molecular weight is 1840 g/mol. The molecule has 0 radical (unpaired) electrons. The van der Waals surface area contributed by atoms with Crippen LogP contribution in [0, 0.1) is 98.3 Å². The van der Waals surface area contributed by atoms with E-state index in [4.69, 9.17) is 43.4 Å². The summed E-state index contributed by atoms with van der Waals surface area (Å²) in [6, 6.07) is 20.9. The third kappa shape index (κ3) is 18.6. The van der Waals surface area contributed by atoms with E-state index in [2.05, 4.69) is 81.5 Å². The molecule has 0 bridgehead atoms. The maximum Gasteiger partial charge on any atom is 0.229 e. The SMILES string of the molecule is Cc1ccncc1-c1cc2cc(NC(=O)C3[C@@H](C)[C@H]3c3cnn(CCO)c3)ncc2c(N)c1F.Cc1ccncc1-c1cc2cc(NC(=O)C3[C@H](C)[C@H]3c3cnn(CCO)c3)ncc2c(N)c1F.Cc1ccncc1-c1cc2cc(NC(=O)[C@H]3[C@@H](C)[C@@H]3c3cnn(CCO)c3)ncc2c(N)c1F.Cc1ccncc1-c1cc2cc(NC(=O)[C@H]3[C@H](C)[C@@H]3c3cnn(CCO)c3)ncc2c(N)c1F. The van der Waals surface area contributed by atoms with Gasteiger partial charge in [0.2, 0.25) is 23.6 Å². The number of aliphatic hydroxyl groups is 4. The number of anilines is 8. The Bertz CT molecular complexity index is 6460. The first kappa shape index (κ1) is 92.5. The van der Waals surface area contributed by atoms with Gasteiger partial charge in [-0.05, 0) is 190 Å². The lowest BCUT2D eigenvalue weighted by Crippen LogP contribution is -2.16. The van der Waals surface area contributed by atoms with Crippen molar-refractivity contribution in [1.29, 1.82) is 0 Å². The number of rotatable bonds is 24. The van der Waals surface area contributed by atoms with E-state index in [1.165, 1.54) is 24.8 Å². The molecular formula is C100H100F4N24O8. The van der Waals surface area contributed by atoms with Crippen LogP contribution in [0.25, 0.3) is 87.6 Å². The second-order valence-corrected chi connectivity index (χ2v) is 35.2. The highest BCUT2D eigenvalue weighted by Gasteiger charge is 2.56. The molecule has 16 aromatic rings. The second kappa shape index (κ2) is 38.7. The van der Waals surface area contributed by atoms with Gasteiger partial charge in [0, 0.05) is 213 Å². The van der Waals surface area contributed by atoms with E-state index in [1.807, 2.05) is 104 Å². The van der Waals surface area contributed by atoms with Gasteiger partial charge in [0.15, 0.2) is 23.3 Å². The third-order valence-electron chi connectivity index (χ3n) is 26.5. The quantitative estimate of drug-likeness (QED) is 0.0197. The number of nitrogens with two attached hydrogens (primary N) is 4. The van der Waals surface area contributed by atoms with Crippen LogP contribution < -0.4 is 44.2 Å². The Labute approximate surface area is 777 Å². The van der Waals surface area contributed by atoms with Gasteiger partial charge in [-0.2, -0.15) is 20.4 Å². The Morgan fingerprint density at radius 3 is 0.713 bits per heavy atom. The highest BCUT2D eigenvalue weighted by Crippen LogP contribution is 2.58. The Hall–Kier alpha value is -15.4. The maximum absolute atomic E-state index is 15.0. The van der Waals surface area contributed by atoms with Gasteiger partial charge in [-0.15, -0.1) is 0 Å². The normalized spacial score (nSPS) is 19.4. The molecule has 32 nitrogen and oxygen atoms in total. The van der Waals surface area contributed by atoms with Crippen LogP contribution in [-0.4, -0.2) is 149 Å². The number of nitrogen functional groups attached to an aromatic ring is 4. The van der Waals surface area contributed by atoms with Crippen LogP contribution in [0.2, 0.25) is 0 Å². The summed E-state index contributed by atoms with van der Waals surface area (Å²) >= 11 is 0. The molecule has 12 aromatic heterocycles. The van der Waals surface area contributed by atoms with E-state index >= 15 is 17.6 Å². The molecule has 4 aromatic carbocycles. The van der Waals surface area contributed by atoms with Crippen LogP contribution in [0.5, 0.6) is 0 Å². The van der Waals surface area contributed by atoms with Crippen LogP contribution in [0.3, 0.4) is 0 Å². The number of amides is 4. The van der Waals surface area contributed by atoms with E-state index in [9.17, 15) is 19.2 Å². The molecule has 0 spiro atoms. The van der Waals surface area contributed by atoms with Gasteiger partial charge in [-0.1, -0.05) is 27.7 Å². The van der Waals surface area contributed by atoms with Crippen LogP contribution in [0.15, 0.2) is 197 Å². The number of hydrogen-bond donors (Lipinski definition) is 12. The summed E-state index contributed by atoms with van der Waals surface area (Å²) in [5, 5.41) is 69.5. The molecule has 4 aliphatic carbocycles. The number of carbonyl (C=O) groups excluding carboxylic acids is 4. The lowest BCUT2D eigenvalue weighted by atomic mass is 9.98. The molecule has 4 aliphatic rings. The number of pyridine rings is 8. The van der Waals surface area contributed by atoms with Crippen LogP contribution >= 0.6 is 0 Å². The summed E-state index contributed by atoms with van der Waals surface area (Å²) in [6.45, 7) is 17.4. The maximum atomic E-state index is 15.0. The zero-order valence-corrected chi connectivity index (χ0v) is 75.5. The second-order valence-electron chi connectivity index (χ2n) is 35.2. The predicted octanol–water partition coefficient (Wildman–Crippen LogP) is 14.0. The van der Waals surface area contributed by atoms with E-state index in [0.717, 1.165) is 44.5 Å². The van der Waals surface area contributed by atoms with Crippen LogP contribution in [-0.2, 0) is 45.4 Å². The Kier molecular flexibility index (Phi) is 26.3. The number of aryl methyl sites for hydroxylation is 4. The van der Waals surface area contributed by atoms with Crippen molar-refractivity contribution in [3.05, 3.63) is 265 Å². The summed E-state index contributed by atoms with van der Waals surface area (Å²) in [4.78, 5) is 85.5. The van der Waals surface area contributed by atoms with E-state index in [1.54, 1.807) is 142 Å². The largest absolute Gasteiger partial charge is 0.396 e. The fourth-order valence-electron chi connectivity index (χ4n) is 18.7. The Morgan fingerprint density at radius 2 is 0.522 bits per heavy atom. The number of fused-ring (bicyclic) bond motifs is 4. The highest BCUT2D eigenvalue weighted by atomic mass is 19.1. The highest BCUT2D eigenvalue weighted by molar-refractivity contribution is 6.06. The van der Waals surface area contributed by atoms with Gasteiger partial charge in [0.1, 0.15) is 23.3 Å². The first-order valence-electron chi connectivity index (χ1n) is 44.5. The third-order valence-corrected chi connectivity index (χ3v) is 26.5. The smallest absolute Gasteiger partial charge is 0.229 e. The average Bonchev–Trinajstić information content (AvgIpc) is 1.59. The monoisotopic (exact) mass is 1840 g/mol. The fraction of sp³-hybridized carbons (Fsp3) is 0.280. The lowest BCUT2D eigenvalue weighted by Gasteiger charge is -2.12. The van der Waals surface area contributed by atoms with Crippen molar-refractivity contribution < 1.29 is 57.2 Å². The first-order valence-corrected chi connectivity index (χ1v) is 44.5. The van der Waals surface area contributed by atoms with Crippen molar-refractivity contribution >= 4 is 113 Å². The molecule has 36 heteroatoms. The number of carbonyl (C=O) groups is 4. The number of nitrogens with zero attached hydrogens (tertiary/aromatic N) is 16. The minimum absolute atomic E-state index is 0.00929. The molecule has 0 aliphatic heterocycles. The summed E-state index contributed by atoms with van der Waals surface area (Å²) in [7, 11) is 0. The molecule has 136 heavy (non-hydrogen) atoms.